The highest BCUT2D eigenvalue weighted by Gasteiger charge is 2.35. The minimum atomic E-state index is -0.0519. The zero-order chi connectivity index (χ0) is 42.1. The van der Waals surface area contributed by atoms with Crippen LogP contribution >= 0.6 is 0 Å². The van der Waals surface area contributed by atoms with Gasteiger partial charge in [0.2, 0.25) is 0 Å². The standard InChI is InChI=1S/C61H44N2/c1-61(2)56-22-9-5-19-52(56)53-37-32-46(40-57(53)61)43-30-35-49(36-31-43)62(58-23-10-6-18-51(58)47-27-26-41-14-3-4-15-44(41)38-47)48-33-28-42(29-34-48)45-16-13-17-50(39-45)63-59-24-11-7-20-54(59)55-21-8-12-25-60(55)63/h3-40H,1-2H3. The van der Waals surface area contributed by atoms with Crippen molar-refractivity contribution in [2.75, 3.05) is 4.90 Å². The van der Waals surface area contributed by atoms with Gasteiger partial charge in [0.25, 0.3) is 0 Å². The van der Waals surface area contributed by atoms with Crippen LogP contribution in [0.5, 0.6) is 0 Å². The Morgan fingerprint density at radius 3 is 1.60 bits per heavy atom. The molecular weight excluding hydrogens is 761 g/mol. The summed E-state index contributed by atoms with van der Waals surface area (Å²) in [5, 5.41) is 5.00. The van der Waals surface area contributed by atoms with Gasteiger partial charge in [0.15, 0.2) is 0 Å². The van der Waals surface area contributed by atoms with E-state index in [1.165, 1.54) is 88.2 Å². The lowest BCUT2D eigenvalue weighted by Crippen LogP contribution is -2.14. The summed E-state index contributed by atoms with van der Waals surface area (Å²) in [5.74, 6) is 0. The summed E-state index contributed by atoms with van der Waals surface area (Å²) in [4.78, 5) is 2.41. The summed E-state index contributed by atoms with van der Waals surface area (Å²) in [7, 11) is 0. The molecule has 0 aliphatic heterocycles. The number of hydrogen-bond acceptors (Lipinski definition) is 1. The number of aromatic nitrogens is 1. The van der Waals surface area contributed by atoms with Crippen LogP contribution in [-0.4, -0.2) is 4.57 Å². The average molecular weight is 805 g/mol. The first-order valence-corrected chi connectivity index (χ1v) is 21.9. The third kappa shape index (κ3) is 6.09. The van der Waals surface area contributed by atoms with Gasteiger partial charge < -0.3 is 9.47 Å². The SMILES string of the molecule is CC1(C)c2ccccc2-c2ccc(-c3ccc(N(c4ccc(-c5cccc(-n6c7ccccc7c7ccccc76)c5)cc4)c4ccccc4-c4ccc5ccccc5c4)cc3)cc21. The van der Waals surface area contributed by atoms with Gasteiger partial charge in [-0.05, 0) is 128 Å². The van der Waals surface area contributed by atoms with Gasteiger partial charge in [0, 0.05) is 38.8 Å². The van der Waals surface area contributed by atoms with E-state index in [1.54, 1.807) is 0 Å². The molecule has 0 radical (unpaired) electrons. The molecule has 0 unspecified atom stereocenters. The summed E-state index contributed by atoms with van der Waals surface area (Å²) < 4.78 is 2.39. The van der Waals surface area contributed by atoms with Gasteiger partial charge in [-0.25, -0.2) is 0 Å². The molecule has 298 valence electrons. The van der Waals surface area contributed by atoms with Gasteiger partial charge in [-0.1, -0.05) is 178 Å². The van der Waals surface area contributed by atoms with Crippen LogP contribution in [-0.2, 0) is 5.41 Å². The summed E-state index contributed by atoms with van der Waals surface area (Å²) in [6, 6.07) is 84.6. The van der Waals surface area contributed by atoms with E-state index in [0.717, 1.165) is 22.7 Å². The van der Waals surface area contributed by atoms with Crippen LogP contribution in [0.3, 0.4) is 0 Å². The minimum Gasteiger partial charge on any atom is -0.310 e. The van der Waals surface area contributed by atoms with Crippen LogP contribution < -0.4 is 4.90 Å². The third-order valence-electron chi connectivity index (χ3n) is 13.4. The Morgan fingerprint density at radius 1 is 0.349 bits per heavy atom. The molecule has 1 aliphatic carbocycles. The van der Waals surface area contributed by atoms with Crippen molar-refractivity contribution in [3.63, 3.8) is 0 Å². The fourth-order valence-corrected chi connectivity index (χ4v) is 10.2. The number of benzene rings is 10. The molecule has 2 nitrogen and oxygen atoms in total. The molecule has 63 heavy (non-hydrogen) atoms. The van der Waals surface area contributed by atoms with Crippen molar-refractivity contribution < 1.29 is 0 Å². The molecule has 0 bridgehead atoms. The highest BCUT2D eigenvalue weighted by molar-refractivity contribution is 6.09. The molecule has 1 aliphatic rings. The maximum atomic E-state index is 2.41. The Kier molecular flexibility index (Phi) is 8.55. The molecule has 1 aromatic heterocycles. The smallest absolute Gasteiger partial charge is 0.0541 e. The Hall–Kier alpha value is -7.94. The van der Waals surface area contributed by atoms with Gasteiger partial charge in [0.05, 0.1) is 16.7 Å². The van der Waals surface area contributed by atoms with Crippen molar-refractivity contribution in [2.45, 2.75) is 19.3 Å². The first kappa shape index (κ1) is 36.9. The van der Waals surface area contributed by atoms with Crippen LogP contribution in [0, 0.1) is 0 Å². The van der Waals surface area contributed by atoms with Gasteiger partial charge >= 0.3 is 0 Å². The van der Waals surface area contributed by atoms with Crippen molar-refractivity contribution in [1.29, 1.82) is 0 Å². The Morgan fingerprint density at radius 2 is 0.889 bits per heavy atom. The van der Waals surface area contributed by atoms with E-state index in [4.69, 9.17) is 0 Å². The molecule has 0 amide bonds. The predicted molar refractivity (Wildman–Crippen MR) is 267 cm³/mol. The van der Waals surface area contributed by atoms with Crippen molar-refractivity contribution in [3.8, 4) is 50.2 Å². The van der Waals surface area contributed by atoms with E-state index >= 15 is 0 Å². The maximum Gasteiger partial charge on any atom is 0.0541 e. The predicted octanol–water partition coefficient (Wildman–Crippen LogP) is 16.7. The molecule has 0 saturated heterocycles. The van der Waals surface area contributed by atoms with Crippen molar-refractivity contribution in [3.05, 3.63) is 242 Å². The molecule has 11 aromatic rings. The topological polar surface area (TPSA) is 8.17 Å². The van der Waals surface area contributed by atoms with Gasteiger partial charge in [-0.15, -0.1) is 0 Å². The monoisotopic (exact) mass is 804 g/mol. The van der Waals surface area contributed by atoms with Gasteiger partial charge in [-0.3, -0.25) is 0 Å². The van der Waals surface area contributed by atoms with E-state index in [0.29, 0.717) is 0 Å². The van der Waals surface area contributed by atoms with Crippen LogP contribution in [0.1, 0.15) is 25.0 Å². The number of nitrogens with zero attached hydrogens (tertiary/aromatic N) is 2. The fraction of sp³-hybridized carbons (Fsp3) is 0.0492. The van der Waals surface area contributed by atoms with Crippen LogP contribution in [0.2, 0.25) is 0 Å². The molecule has 0 fully saturated rings. The summed E-state index contributed by atoms with van der Waals surface area (Å²) in [5.41, 5.74) is 19.5. The lowest BCUT2D eigenvalue weighted by molar-refractivity contribution is 0.660. The van der Waals surface area contributed by atoms with E-state index in [9.17, 15) is 0 Å². The lowest BCUT2D eigenvalue weighted by atomic mass is 9.81. The Labute approximate surface area is 368 Å². The Bertz CT molecular complexity index is 3480. The quantitative estimate of drug-likeness (QED) is 0.156. The zero-order valence-corrected chi connectivity index (χ0v) is 35.3. The highest BCUT2D eigenvalue weighted by Crippen LogP contribution is 2.50. The van der Waals surface area contributed by atoms with E-state index in [2.05, 4.69) is 254 Å². The first-order chi connectivity index (χ1) is 31.0. The van der Waals surface area contributed by atoms with E-state index in [1.807, 2.05) is 0 Å². The average Bonchev–Trinajstić information content (AvgIpc) is 3.80. The van der Waals surface area contributed by atoms with Crippen molar-refractivity contribution in [2.24, 2.45) is 0 Å². The second-order valence-electron chi connectivity index (χ2n) is 17.4. The fourth-order valence-electron chi connectivity index (χ4n) is 10.2. The van der Waals surface area contributed by atoms with Crippen LogP contribution in [0.4, 0.5) is 17.1 Å². The first-order valence-electron chi connectivity index (χ1n) is 21.9. The number of anilines is 3. The molecule has 0 N–H and O–H groups in total. The van der Waals surface area contributed by atoms with E-state index in [-0.39, 0.29) is 5.41 Å². The Balaban J connectivity index is 0.947. The van der Waals surface area contributed by atoms with Crippen LogP contribution in [0.15, 0.2) is 231 Å². The number of rotatable bonds is 7. The largest absolute Gasteiger partial charge is 0.310 e. The second kappa shape index (κ2) is 14.6. The normalized spacial score (nSPS) is 12.7. The maximum absolute atomic E-state index is 2.41. The molecular formula is C61H44N2. The zero-order valence-electron chi connectivity index (χ0n) is 35.3. The number of para-hydroxylation sites is 3. The summed E-state index contributed by atoms with van der Waals surface area (Å²) in [6.45, 7) is 4.70. The molecule has 10 aromatic carbocycles. The van der Waals surface area contributed by atoms with Gasteiger partial charge in [-0.2, -0.15) is 0 Å². The molecule has 12 rings (SSSR count). The molecule has 1 heterocycles. The lowest BCUT2D eigenvalue weighted by Gasteiger charge is -2.28. The highest BCUT2D eigenvalue weighted by atomic mass is 15.1. The van der Waals surface area contributed by atoms with Gasteiger partial charge in [0.1, 0.15) is 0 Å². The molecule has 0 spiro atoms. The van der Waals surface area contributed by atoms with Crippen molar-refractivity contribution >= 4 is 49.6 Å². The molecule has 0 saturated carbocycles. The van der Waals surface area contributed by atoms with E-state index < -0.39 is 0 Å². The summed E-state index contributed by atoms with van der Waals surface area (Å²) >= 11 is 0. The third-order valence-corrected chi connectivity index (χ3v) is 13.4. The number of hydrogen-bond donors (Lipinski definition) is 0. The summed E-state index contributed by atoms with van der Waals surface area (Å²) in [6.07, 6.45) is 0. The molecule has 2 heteroatoms. The number of fused-ring (bicyclic) bond motifs is 7. The van der Waals surface area contributed by atoms with Crippen molar-refractivity contribution in [1.82, 2.24) is 4.57 Å². The van der Waals surface area contributed by atoms with Crippen LogP contribution in [0.25, 0.3) is 82.8 Å². The molecule has 0 atom stereocenters. The minimum absolute atomic E-state index is 0.0519. The second-order valence-corrected chi connectivity index (χ2v) is 17.4.